The maximum Gasteiger partial charge on any atom is 0.110 e. The van der Waals surface area contributed by atoms with Gasteiger partial charge in [0.1, 0.15) is 5.60 Å². The molecule has 0 amide bonds. The number of hydrogen-bond acceptors (Lipinski definition) is 3. The Morgan fingerprint density at radius 2 is 1.81 bits per heavy atom. The van der Waals surface area contributed by atoms with Gasteiger partial charge in [-0.3, -0.25) is 0 Å². The molecule has 1 N–H and O–H groups in total. The molecule has 2 heterocycles. The molecular formula is C18H19NOS. The average molecular weight is 297 g/mol. The van der Waals surface area contributed by atoms with Crippen molar-refractivity contribution in [2.24, 2.45) is 0 Å². The maximum absolute atomic E-state index is 11.6. The molecule has 3 heteroatoms. The monoisotopic (exact) mass is 297 g/mol. The van der Waals surface area contributed by atoms with Crippen molar-refractivity contribution in [2.75, 3.05) is 20.1 Å². The summed E-state index contributed by atoms with van der Waals surface area (Å²) in [5, 5.41) is 11.6. The highest BCUT2D eigenvalue weighted by molar-refractivity contribution is 7.99. The number of piperidine rings is 1. The first-order valence-corrected chi connectivity index (χ1v) is 8.27. The molecule has 0 aromatic heterocycles. The van der Waals surface area contributed by atoms with Crippen LogP contribution in [0, 0.1) is 0 Å². The van der Waals surface area contributed by atoms with E-state index < -0.39 is 5.60 Å². The number of nitrogens with zero attached hydrogens (tertiary/aromatic N) is 1. The quantitative estimate of drug-likeness (QED) is 0.805. The van der Waals surface area contributed by atoms with E-state index in [0.29, 0.717) is 6.54 Å². The second-order valence-electron chi connectivity index (χ2n) is 6.14. The third-order valence-electron chi connectivity index (χ3n) is 4.75. The van der Waals surface area contributed by atoms with Gasteiger partial charge in [0.25, 0.3) is 0 Å². The van der Waals surface area contributed by atoms with Gasteiger partial charge in [-0.2, -0.15) is 0 Å². The second-order valence-corrected chi connectivity index (χ2v) is 7.22. The Morgan fingerprint density at radius 1 is 1.10 bits per heavy atom. The van der Waals surface area contributed by atoms with Gasteiger partial charge in [-0.05, 0) is 43.3 Å². The van der Waals surface area contributed by atoms with Crippen LogP contribution < -0.4 is 0 Å². The van der Waals surface area contributed by atoms with Crippen LogP contribution in [0.25, 0.3) is 0 Å². The summed E-state index contributed by atoms with van der Waals surface area (Å²) in [7, 11) is 2.10. The van der Waals surface area contributed by atoms with Crippen LogP contribution in [0.15, 0.2) is 58.3 Å². The lowest BCUT2D eigenvalue weighted by Crippen LogP contribution is -2.49. The fourth-order valence-corrected chi connectivity index (χ4v) is 4.98. The van der Waals surface area contributed by atoms with E-state index in [-0.39, 0.29) is 5.92 Å². The zero-order chi connectivity index (χ0) is 14.4. The molecule has 1 fully saturated rings. The number of likely N-dealkylation sites (tertiary alicyclic amines) is 1. The summed E-state index contributed by atoms with van der Waals surface area (Å²) in [6.07, 6.45) is 0.999. The maximum atomic E-state index is 11.6. The molecule has 0 aliphatic carbocycles. The van der Waals surface area contributed by atoms with Gasteiger partial charge in [0.15, 0.2) is 0 Å². The molecule has 2 atom stereocenters. The van der Waals surface area contributed by atoms with E-state index in [2.05, 4.69) is 54.4 Å². The van der Waals surface area contributed by atoms with Gasteiger partial charge < -0.3 is 10.0 Å². The molecule has 108 valence electrons. The van der Waals surface area contributed by atoms with Crippen molar-refractivity contribution in [2.45, 2.75) is 27.7 Å². The molecule has 2 aromatic rings. The first kappa shape index (κ1) is 13.4. The van der Waals surface area contributed by atoms with Gasteiger partial charge >= 0.3 is 0 Å². The van der Waals surface area contributed by atoms with Crippen molar-refractivity contribution in [1.82, 2.24) is 4.90 Å². The van der Waals surface area contributed by atoms with Crippen LogP contribution in [0.4, 0.5) is 0 Å². The Balaban J connectivity index is 1.97. The van der Waals surface area contributed by atoms with Gasteiger partial charge in [-0.1, -0.05) is 48.2 Å². The zero-order valence-corrected chi connectivity index (χ0v) is 12.9. The first-order chi connectivity index (χ1) is 10.2. The highest BCUT2D eigenvalue weighted by atomic mass is 32.2. The topological polar surface area (TPSA) is 23.5 Å². The van der Waals surface area contributed by atoms with Gasteiger partial charge in [0.05, 0.1) is 0 Å². The molecule has 2 aromatic carbocycles. The Hall–Kier alpha value is -1.29. The van der Waals surface area contributed by atoms with E-state index in [4.69, 9.17) is 0 Å². The Kier molecular flexibility index (Phi) is 3.10. The smallest absolute Gasteiger partial charge is 0.110 e. The van der Waals surface area contributed by atoms with Crippen molar-refractivity contribution in [3.63, 3.8) is 0 Å². The summed E-state index contributed by atoms with van der Waals surface area (Å²) in [5.41, 5.74) is 1.60. The highest BCUT2D eigenvalue weighted by Crippen LogP contribution is 2.52. The predicted molar refractivity (Wildman–Crippen MR) is 85.8 cm³/mol. The summed E-state index contributed by atoms with van der Waals surface area (Å²) in [6.45, 7) is 1.73. The molecule has 2 aliphatic heterocycles. The zero-order valence-electron chi connectivity index (χ0n) is 12.1. The lowest BCUT2D eigenvalue weighted by molar-refractivity contribution is -0.0499. The summed E-state index contributed by atoms with van der Waals surface area (Å²) in [5.74, 6) is 0.182. The summed E-state index contributed by atoms with van der Waals surface area (Å²) >= 11 is 1.79. The number of likely N-dealkylation sites (N-methyl/N-ethyl adjacent to an activating group) is 1. The van der Waals surface area contributed by atoms with E-state index in [9.17, 15) is 5.11 Å². The molecule has 0 saturated carbocycles. The molecule has 4 rings (SSSR count). The minimum absolute atomic E-state index is 0.182. The lowest BCUT2D eigenvalue weighted by atomic mass is 9.73. The molecule has 2 aliphatic rings. The van der Waals surface area contributed by atoms with E-state index >= 15 is 0 Å². The Bertz CT molecular complexity index is 686. The molecule has 21 heavy (non-hydrogen) atoms. The van der Waals surface area contributed by atoms with Crippen LogP contribution in [0.5, 0.6) is 0 Å². The Labute approximate surface area is 129 Å². The highest BCUT2D eigenvalue weighted by Gasteiger charge is 2.46. The second kappa shape index (κ2) is 4.87. The van der Waals surface area contributed by atoms with E-state index in [1.165, 1.54) is 15.4 Å². The van der Waals surface area contributed by atoms with Crippen molar-refractivity contribution >= 4 is 11.8 Å². The molecule has 0 bridgehead atoms. The third-order valence-corrected chi connectivity index (χ3v) is 5.92. The number of fused-ring (bicyclic) bond motifs is 5. The van der Waals surface area contributed by atoms with Crippen LogP contribution in [0.1, 0.15) is 23.5 Å². The van der Waals surface area contributed by atoms with Crippen molar-refractivity contribution in [1.29, 1.82) is 0 Å². The lowest BCUT2D eigenvalue weighted by Gasteiger charge is -2.44. The number of hydrogen-bond donors (Lipinski definition) is 1. The summed E-state index contributed by atoms with van der Waals surface area (Å²) in [4.78, 5) is 4.71. The number of benzene rings is 2. The normalized spacial score (nSPS) is 28.2. The van der Waals surface area contributed by atoms with Gasteiger partial charge in [-0.25, -0.2) is 0 Å². The first-order valence-electron chi connectivity index (χ1n) is 7.46. The third kappa shape index (κ3) is 2.03. The van der Waals surface area contributed by atoms with Crippen LogP contribution >= 0.6 is 11.8 Å². The molecule has 2 nitrogen and oxygen atoms in total. The van der Waals surface area contributed by atoms with Crippen LogP contribution in [-0.2, 0) is 5.60 Å². The number of β-amino-alcohol motifs (C(OH)–C–C–N with tert-alkyl or cyclic N) is 1. The minimum Gasteiger partial charge on any atom is -0.383 e. The van der Waals surface area contributed by atoms with E-state index in [1.54, 1.807) is 11.8 Å². The van der Waals surface area contributed by atoms with Gasteiger partial charge in [0, 0.05) is 22.3 Å². The fourth-order valence-electron chi connectivity index (χ4n) is 3.77. The molecule has 0 spiro atoms. The number of aliphatic hydroxyl groups is 1. The van der Waals surface area contributed by atoms with Gasteiger partial charge in [0.2, 0.25) is 0 Å². The van der Waals surface area contributed by atoms with E-state index in [0.717, 1.165) is 18.5 Å². The average Bonchev–Trinajstić information content (AvgIpc) is 2.59. The SMILES string of the molecule is CN1CC[C@H]2c3ccccc3Sc3ccccc3[C@@]2(O)C1. The summed E-state index contributed by atoms with van der Waals surface area (Å²) in [6, 6.07) is 16.9. The largest absolute Gasteiger partial charge is 0.383 e. The Morgan fingerprint density at radius 3 is 2.67 bits per heavy atom. The van der Waals surface area contributed by atoms with Crippen molar-refractivity contribution in [3.05, 3.63) is 59.7 Å². The van der Waals surface area contributed by atoms with Crippen molar-refractivity contribution in [3.8, 4) is 0 Å². The summed E-state index contributed by atoms with van der Waals surface area (Å²) < 4.78 is 0. The van der Waals surface area contributed by atoms with Crippen LogP contribution in [-0.4, -0.2) is 30.1 Å². The predicted octanol–water partition coefficient (Wildman–Crippen LogP) is 3.46. The van der Waals surface area contributed by atoms with Crippen LogP contribution in [0.2, 0.25) is 0 Å². The molecule has 0 unspecified atom stereocenters. The fraction of sp³-hybridized carbons (Fsp3) is 0.333. The number of rotatable bonds is 0. The van der Waals surface area contributed by atoms with Crippen LogP contribution in [0.3, 0.4) is 0 Å². The standard InChI is InChI=1S/C18H19NOS/c1-19-11-10-14-13-6-2-4-8-16(13)21-17-9-5-3-7-15(17)18(14,20)12-19/h2-9,14,20H,10-12H2,1H3/t14-,18+/m0/s1. The van der Waals surface area contributed by atoms with E-state index in [1.807, 2.05) is 6.07 Å². The molecular weight excluding hydrogens is 278 g/mol. The molecule has 1 saturated heterocycles. The van der Waals surface area contributed by atoms with Crippen molar-refractivity contribution < 1.29 is 5.11 Å². The molecule has 0 radical (unpaired) electrons. The van der Waals surface area contributed by atoms with Gasteiger partial charge in [-0.15, -0.1) is 0 Å². The minimum atomic E-state index is -0.788.